The first kappa shape index (κ1) is 9.27. The summed E-state index contributed by atoms with van der Waals surface area (Å²) >= 11 is 3.14. The molecule has 0 radical (unpaired) electrons. The van der Waals surface area contributed by atoms with Gasteiger partial charge in [-0.15, -0.1) is 0 Å². The minimum atomic E-state index is -0.259. The molecule has 0 fully saturated rings. The predicted octanol–water partition coefficient (Wildman–Crippen LogP) is 3.05. The van der Waals surface area contributed by atoms with Gasteiger partial charge in [0.15, 0.2) is 4.73 Å². The largest absolute Gasteiger partial charge is 0.230 e. The van der Waals surface area contributed by atoms with Gasteiger partial charge >= 0.3 is 0 Å². The van der Waals surface area contributed by atoms with E-state index < -0.39 is 0 Å². The summed E-state index contributed by atoms with van der Waals surface area (Å²) in [5.74, 6) is -0.259. The van der Waals surface area contributed by atoms with E-state index in [2.05, 4.69) is 25.9 Å². The van der Waals surface area contributed by atoms with Gasteiger partial charge in [0.2, 0.25) is 0 Å². The molecule has 70 valence electrons. The molecule has 0 saturated carbocycles. The number of hydrogen-bond donors (Lipinski definition) is 0. The van der Waals surface area contributed by atoms with E-state index in [1.807, 2.05) is 6.07 Å². The third-order valence-electron chi connectivity index (χ3n) is 1.78. The Balaban J connectivity index is 2.44. The lowest BCUT2D eigenvalue weighted by Gasteiger charge is -1.99. The molecule has 0 unspecified atom stereocenters. The van der Waals surface area contributed by atoms with Crippen molar-refractivity contribution in [3.63, 3.8) is 0 Å². The lowest BCUT2D eigenvalue weighted by molar-refractivity contribution is 0.628. The fraction of sp³-hybridized carbons (Fsp3) is 0. The van der Waals surface area contributed by atoms with Crippen LogP contribution < -0.4 is 0 Å². The lowest BCUT2D eigenvalue weighted by atomic mass is 10.1. The highest BCUT2D eigenvalue weighted by Crippen LogP contribution is 2.18. The van der Waals surface area contributed by atoms with Crippen molar-refractivity contribution in [2.24, 2.45) is 0 Å². The van der Waals surface area contributed by atoms with Gasteiger partial charge in [0.25, 0.3) is 0 Å². The zero-order chi connectivity index (χ0) is 9.97. The van der Waals surface area contributed by atoms with Crippen LogP contribution in [0, 0.1) is 5.82 Å². The smallest absolute Gasteiger partial charge is 0.196 e. The van der Waals surface area contributed by atoms with Crippen LogP contribution in [0.2, 0.25) is 0 Å². The average molecular weight is 253 g/mol. The Morgan fingerprint density at radius 3 is 2.43 bits per heavy atom. The van der Waals surface area contributed by atoms with Crippen molar-refractivity contribution in [3.05, 3.63) is 47.2 Å². The van der Waals surface area contributed by atoms with Crippen LogP contribution >= 0.6 is 15.9 Å². The van der Waals surface area contributed by atoms with Crippen molar-refractivity contribution in [3.8, 4) is 11.1 Å². The topological polar surface area (TPSA) is 25.8 Å². The number of hydrogen-bond acceptors (Lipinski definition) is 2. The zero-order valence-corrected chi connectivity index (χ0v) is 8.70. The normalized spacial score (nSPS) is 10.1. The molecule has 0 aliphatic heterocycles. The second-order valence-corrected chi connectivity index (χ2v) is 3.46. The van der Waals surface area contributed by atoms with Gasteiger partial charge in [0.1, 0.15) is 5.82 Å². The maximum atomic E-state index is 12.9. The molecule has 2 rings (SSSR count). The summed E-state index contributed by atoms with van der Waals surface area (Å²) in [5.41, 5.74) is 1.57. The quantitative estimate of drug-likeness (QED) is 0.730. The lowest BCUT2D eigenvalue weighted by Crippen LogP contribution is -1.85. The minimum absolute atomic E-state index is 0.259. The van der Waals surface area contributed by atoms with Crippen LogP contribution in [0.4, 0.5) is 4.39 Å². The number of benzene rings is 1. The highest BCUT2D eigenvalue weighted by atomic mass is 79.9. The Bertz CT molecular complexity index is 442. The number of nitrogens with zero attached hydrogens (tertiary/aromatic N) is 2. The van der Waals surface area contributed by atoms with Gasteiger partial charge in [-0.3, -0.25) is 0 Å². The van der Waals surface area contributed by atoms with Gasteiger partial charge in [-0.2, -0.15) is 0 Å². The fourth-order valence-corrected chi connectivity index (χ4v) is 1.33. The van der Waals surface area contributed by atoms with E-state index in [9.17, 15) is 4.39 Å². The first-order chi connectivity index (χ1) is 6.75. The maximum Gasteiger partial charge on any atom is 0.196 e. The molecule has 4 heteroatoms. The van der Waals surface area contributed by atoms with Crippen LogP contribution in [-0.4, -0.2) is 9.97 Å². The summed E-state index contributed by atoms with van der Waals surface area (Å²) in [4.78, 5) is 7.94. The van der Waals surface area contributed by atoms with Gasteiger partial charge < -0.3 is 0 Å². The zero-order valence-electron chi connectivity index (χ0n) is 7.11. The van der Waals surface area contributed by atoms with E-state index in [1.165, 1.54) is 12.1 Å². The molecule has 0 N–H and O–H groups in total. The Kier molecular flexibility index (Phi) is 2.54. The molecule has 2 nitrogen and oxygen atoms in total. The van der Waals surface area contributed by atoms with Crippen molar-refractivity contribution in [2.45, 2.75) is 0 Å². The number of rotatable bonds is 1. The highest BCUT2D eigenvalue weighted by molar-refractivity contribution is 9.10. The summed E-state index contributed by atoms with van der Waals surface area (Å²) in [6.07, 6.45) is 3.29. The first-order valence-corrected chi connectivity index (χ1v) is 4.78. The third kappa shape index (κ3) is 1.96. The Morgan fingerprint density at radius 2 is 1.79 bits per heavy atom. The second-order valence-electron chi connectivity index (χ2n) is 2.75. The van der Waals surface area contributed by atoms with Crippen molar-refractivity contribution < 1.29 is 4.39 Å². The Morgan fingerprint density at radius 1 is 1.07 bits per heavy atom. The molecule has 0 aliphatic carbocycles. The van der Waals surface area contributed by atoms with Crippen LogP contribution in [0.5, 0.6) is 0 Å². The molecule has 14 heavy (non-hydrogen) atoms. The molecule has 0 aliphatic rings. The third-order valence-corrected chi connectivity index (χ3v) is 2.19. The molecule has 1 aromatic heterocycles. The van der Waals surface area contributed by atoms with Gasteiger partial charge in [-0.05, 0) is 33.6 Å². The van der Waals surface area contributed by atoms with Gasteiger partial charge in [0.05, 0.1) is 0 Å². The number of aromatic nitrogens is 2. The van der Waals surface area contributed by atoms with E-state index >= 15 is 0 Å². The number of halogens is 2. The molecule has 1 heterocycles. The first-order valence-electron chi connectivity index (χ1n) is 3.99. The van der Waals surface area contributed by atoms with Crippen LogP contribution in [0.15, 0.2) is 41.4 Å². The Labute approximate surface area is 89.0 Å². The molecule has 0 atom stereocenters. The van der Waals surface area contributed by atoms with E-state index in [1.54, 1.807) is 18.5 Å². The van der Waals surface area contributed by atoms with E-state index in [0.717, 1.165) is 11.1 Å². The molecule has 0 saturated heterocycles. The van der Waals surface area contributed by atoms with Crippen molar-refractivity contribution in [1.82, 2.24) is 9.97 Å². The monoisotopic (exact) mass is 252 g/mol. The van der Waals surface area contributed by atoms with Crippen LogP contribution in [0.3, 0.4) is 0 Å². The summed E-state index contributed by atoms with van der Waals surface area (Å²) in [7, 11) is 0. The average Bonchev–Trinajstić information content (AvgIpc) is 2.19. The minimum Gasteiger partial charge on any atom is -0.230 e. The molecular weight excluding hydrogens is 247 g/mol. The summed E-state index contributed by atoms with van der Waals surface area (Å²) in [5, 5.41) is 0. The van der Waals surface area contributed by atoms with Crippen LogP contribution in [-0.2, 0) is 0 Å². The molecule has 0 bridgehead atoms. The fourth-order valence-electron chi connectivity index (χ4n) is 1.13. The molecular formula is C10H6BrFN2. The molecule has 1 aromatic carbocycles. The van der Waals surface area contributed by atoms with Crippen LogP contribution in [0.25, 0.3) is 11.1 Å². The molecule has 0 amide bonds. The second kappa shape index (κ2) is 3.84. The molecule has 2 aromatic rings. The summed E-state index contributed by atoms with van der Waals surface area (Å²) in [6.45, 7) is 0. The standard InChI is InChI=1S/C10H6BrFN2/c11-10-13-5-8(6-14-10)7-2-1-3-9(12)4-7/h1-6H. The van der Waals surface area contributed by atoms with Gasteiger partial charge in [-0.1, -0.05) is 12.1 Å². The van der Waals surface area contributed by atoms with E-state index in [4.69, 9.17) is 0 Å². The highest BCUT2D eigenvalue weighted by Gasteiger charge is 1.99. The van der Waals surface area contributed by atoms with Gasteiger partial charge in [-0.25, -0.2) is 14.4 Å². The summed E-state index contributed by atoms with van der Waals surface area (Å²) < 4.78 is 13.4. The predicted molar refractivity (Wildman–Crippen MR) is 55.1 cm³/mol. The Hall–Kier alpha value is -1.29. The van der Waals surface area contributed by atoms with E-state index in [-0.39, 0.29) is 5.82 Å². The maximum absolute atomic E-state index is 12.9. The van der Waals surface area contributed by atoms with Crippen molar-refractivity contribution in [2.75, 3.05) is 0 Å². The van der Waals surface area contributed by atoms with E-state index in [0.29, 0.717) is 4.73 Å². The van der Waals surface area contributed by atoms with Crippen molar-refractivity contribution >= 4 is 15.9 Å². The van der Waals surface area contributed by atoms with Gasteiger partial charge in [0, 0.05) is 18.0 Å². The summed E-state index contributed by atoms with van der Waals surface area (Å²) in [6, 6.07) is 6.33. The SMILES string of the molecule is Fc1cccc(-c2cnc(Br)nc2)c1. The van der Waals surface area contributed by atoms with Crippen LogP contribution in [0.1, 0.15) is 0 Å². The molecule has 0 spiro atoms. The van der Waals surface area contributed by atoms with Crippen molar-refractivity contribution in [1.29, 1.82) is 0 Å².